The van der Waals surface area contributed by atoms with E-state index in [-0.39, 0.29) is 5.95 Å². The summed E-state index contributed by atoms with van der Waals surface area (Å²) in [6.07, 6.45) is 0.0370. The van der Waals surface area contributed by atoms with E-state index in [1.54, 1.807) is 0 Å². The number of rotatable bonds is 0. The highest BCUT2D eigenvalue weighted by atomic mass is 19.1. The van der Waals surface area contributed by atoms with E-state index in [2.05, 4.69) is 15.0 Å². The molecule has 0 aliphatic rings. The molecule has 0 fully saturated rings. The van der Waals surface area contributed by atoms with Crippen LogP contribution in [0.4, 0.5) is 10.3 Å². The molecular weight excluding hydrogens is 111 g/mol. The van der Waals surface area contributed by atoms with Crippen LogP contribution in [0.15, 0.2) is 6.33 Å². The molecule has 8 heavy (non-hydrogen) atoms. The zero-order valence-corrected chi connectivity index (χ0v) is 3.80. The summed E-state index contributed by atoms with van der Waals surface area (Å²) in [5.41, 5.74) is 6.63. The summed E-state index contributed by atoms with van der Waals surface area (Å²) in [6, 6.07) is 0. The van der Waals surface area contributed by atoms with Crippen LogP contribution in [0.1, 0.15) is 0 Å². The third-order valence-corrected chi connectivity index (χ3v) is 0.542. The Morgan fingerprint density at radius 1 is 1.50 bits per heavy atom. The number of hydrogen-bond acceptors (Lipinski definition) is 3. The van der Waals surface area contributed by atoms with Gasteiger partial charge >= 0.3 is 6.08 Å². The molecule has 41 valence electrons. The molecule has 0 amide bonds. The minimum Gasteiger partial charge on any atom is -0.265 e. The van der Waals surface area contributed by atoms with Gasteiger partial charge in [-0.3, -0.25) is 5.73 Å². The lowest BCUT2D eigenvalue weighted by atomic mass is 11.0. The van der Waals surface area contributed by atoms with Crippen LogP contribution in [-0.2, 0) is 0 Å². The molecule has 0 saturated heterocycles. The van der Waals surface area contributed by atoms with E-state index in [0.29, 0.717) is 0 Å². The van der Waals surface area contributed by atoms with Gasteiger partial charge in [-0.2, -0.15) is 19.3 Å². The van der Waals surface area contributed by atoms with Gasteiger partial charge in [0.15, 0.2) is 0 Å². The Labute approximate surface area is 44.6 Å². The van der Waals surface area contributed by atoms with Crippen LogP contribution in [0.5, 0.6) is 0 Å². The van der Waals surface area contributed by atoms with E-state index < -0.39 is 6.08 Å². The molecule has 4 nitrogen and oxygen atoms in total. The third-order valence-electron chi connectivity index (χ3n) is 0.542. The molecule has 0 unspecified atom stereocenters. The van der Waals surface area contributed by atoms with Gasteiger partial charge in [-0.25, -0.2) is 0 Å². The van der Waals surface area contributed by atoms with Crippen molar-refractivity contribution in [1.82, 2.24) is 20.7 Å². The molecule has 5 heteroatoms. The van der Waals surface area contributed by atoms with E-state index in [0.717, 1.165) is 6.33 Å². The smallest absolute Gasteiger partial charge is 0.265 e. The van der Waals surface area contributed by atoms with Gasteiger partial charge in [-0.15, -0.1) is 0 Å². The maximum atomic E-state index is 11.8. The number of nitrogens with zero attached hydrogens (tertiary/aromatic N) is 3. The lowest BCUT2D eigenvalue weighted by Gasteiger charge is -1.83. The SMILES string of the molecule is [NH]c1ncnc(F)n1. The Morgan fingerprint density at radius 2 is 2.25 bits per heavy atom. The number of halogens is 1. The molecule has 1 aromatic heterocycles. The van der Waals surface area contributed by atoms with Gasteiger partial charge in [0, 0.05) is 0 Å². The topological polar surface area (TPSA) is 62.5 Å². The molecule has 1 heterocycles. The Kier molecular flexibility index (Phi) is 1.03. The van der Waals surface area contributed by atoms with Crippen molar-refractivity contribution in [2.24, 2.45) is 0 Å². The van der Waals surface area contributed by atoms with Crippen molar-refractivity contribution >= 4 is 5.95 Å². The average Bonchev–Trinajstić information content (AvgIpc) is 1.64. The van der Waals surface area contributed by atoms with Crippen molar-refractivity contribution in [1.29, 1.82) is 0 Å². The molecule has 1 rings (SSSR count). The largest absolute Gasteiger partial charge is 0.313 e. The quantitative estimate of drug-likeness (QED) is 0.472. The van der Waals surface area contributed by atoms with Gasteiger partial charge in [0.1, 0.15) is 6.33 Å². The van der Waals surface area contributed by atoms with Gasteiger partial charge in [-0.05, 0) is 0 Å². The summed E-state index contributed by atoms with van der Waals surface area (Å²) in [5.74, 6) is -0.350. The van der Waals surface area contributed by atoms with E-state index >= 15 is 0 Å². The lowest BCUT2D eigenvalue weighted by Crippen LogP contribution is -1.90. The van der Waals surface area contributed by atoms with E-state index in [1.165, 1.54) is 0 Å². The predicted octanol–water partition coefficient (Wildman–Crippen LogP) is -0.0749. The highest BCUT2D eigenvalue weighted by molar-refractivity contribution is 5.02. The molecule has 1 aromatic rings. The Hall–Kier alpha value is -1.26. The molecule has 0 aliphatic carbocycles. The zero-order chi connectivity index (χ0) is 5.98. The van der Waals surface area contributed by atoms with Crippen LogP contribution in [0, 0.1) is 6.08 Å². The molecule has 1 radical (unpaired) electrons. The van der Waals surface area contributed by atoms with Gasteiger partial charge < -0.3 is 0 Å². The summed E-state index contributed by atoms with van der Waals surface area (Å²) in [6.45, 7) is 0. The summed E-state index contributed by atoms with van der Waals surface area (Å²) >= 11 is 0. The van der Waals surface area contributed by atoms with Crippen LogP contribution in [-0.4, -0.2) is 15.0 Å². The Bertz CT molecular complexity index is 171. The molecule has 0 spiro atoms. The van der Waals surface area contributed by atoms with E-state index in [1.807, 2.05) is 0 Å². The average molecular weight is 113 g/mol. The van der Waals surface area contributed by atoms with Gasteiger partial charge in [-0.1, -0.05) is 0 Å². The predicted molar refractivity (Wildman–Crippen MR) is 22.5 cm³/mol. The van der Waals surface area contributed by atoms with Crippen molar-refractivity contribution in [3.63, 3.8) is 0 Å². The fraction of sp³-hybridized carbons (Fsp3) is 0. The molecule has 1 N–H and O–H groups in total. The summed E-state index contributed by atoms with van der Waals surface area (Å²) in [5, 5.41) is 0. The highest BCUT2D eigenvalue weighted by Crippen LogP contribution is 1.88. The second-order valence-electron chi connectivity index (χ2n) is 1.08. The fourth-order valence-corrected chi connectivity index (χ4v) is 0.276. The van der Waals surface area contributed by atoms with Crippen molar-refractivity contribution in [3.8, 4) is 0 Å². The van der Waals surface area contributed by atoms with E-state index in [4.69, 9.17) is 5.73 Å². The fourth-order valence-electron chi connectivity index (χ4n) is 0.276. The maximum absolute atomic E-state index is 11.8. The normalized spacial score (nSPS) is 9.12. The molecule has 0 saturated carbocycles. The minimum absolute atomic E-state index is 0.350. The maximum Gasteiger partial charge on any atom is 0.313 e. The summed E-state index contributed by atoms with van der Waals surface area (Å²) in [7, 11) is 0. The number of nitrogens with one attached hydrogen (secondary N) is 1. The first-order valence-electron chi connectivity index (χ1n) is 1.85. The first kappa shape index (κ1) is 4.89. The second kappa shape index (κ2) is 1.69. The third kappa shape index (κ3) is 0.868. The summed E-state index contributed by atoms with van der Waals surface area (Å²) < 4.78 is 11.8. The number of hydrogen-bond donors (Lipinski definition) is 0. The monoisotopic (exact) mass is 113 g/mol. The Balaban J connectivity index is 3.08. The molecule has 0 aliphatic heterocycles. The first-order chi connectivity index (χ1) is 3.79. The van der Waals surface area contributed by atoms with Gasteiger partial charge in [0.05, 0.1) is 0 Å². The number of aromatic nitrogens is 3. The van der Waals surface area contributed by atoms with Crippen LogP contribution < -0.4 is 5.73 Å². The van der Waals surface area contributed by atoms with Gasteiger partial charge in [0.25, 0.3) is 0 Å². The zero-order valence-electron chi connectivity index (χ0n) is 3.80. The van der Waals surface area contributed by atoms with Gasteiger partial charge in [0.2, 0.25) is 5.95 Å². The summed E-state index contributed by atoms with van der Waals surface area (Å²) in [4.78, 5) is 9.23. The van der Waals surface area contributed by atoms with Crippen molar-refractivity contribution in [2.75, 3.05) is 0 Å². The van der Waals surface area contributed by atoms with Crippen LogP contribution in [0.3, 0.4) is 0 Å². The second-order valence-corrected chi connectivity index (χ2v) is 1.08. The lowest BCUT2D eigenvalue weighted by molar-refractivity contribution is 0.533. The van der Waals surface area contributed by atoms with Crippen LogP contribution >= 0.6 is 0 Å². The molecule has 0 atom stereocenters. The molecular formula is C3H2FN4. The first-order valence-corrected chi connectivity index (χ1v) is 1.85. The van der Waals surface area contributed by atoms with Crippen molar-refractivity contribution in [3.05, 3.63) is 12.4 Å². The van der Waals surface area contributed by atoms with Crippen LogP contribution in [0.25, 0.3) is 0 Å². The Morgan fingerprint density at radius 3 is 2.62 bits per heavy atom. The standard InChI is InChI=1S/C3H2FN4/c4-2-6-1-7-3(5)8-2/h1,5H. The van der Waals surface area contributed by atoms with E-state index in [9.17, 15) is 4.39 Å². The van der Waals surface area contributed by atoms with Crippen LogP contribution in [0.2, 0.25) is 0 Å². The highest BCUT2D eigenvalue weighted by Gasteiger charge is 1.90. The molecule has 0 bridgehead atoms. The minimum atomic E-state index is -0.912. The van der Waals surface area contributed by atoms with Crippen molar-refractivity contribution < 1.29 is 4.39 Å². The van der Waals surface area contributed by atoms with Crippen molar-refractivity contribution in [2.45, 2.75) is 0 Å². The molecule has 0 aromatic carbocycles.